The van der Waals surface area contributed by atoms with Gasteiger partial charge in [-0.15, -0.1) is 0 Å². The predicted molar refractivity (Wildman–Crippen MR) is 175 cm³/mol. The lowest BCUT2D eigenvalue weighted by atomic mass is 9.92. The first kappa shape index (κ1) is 31.4. The molecule has 0 bridgehead atoms. The molecule has 0 amide bonds. The highest BCUT2D eigenvalue weighted by molar-refractivity contribution is 6.33. The smallest absolute Gasteiger partial charge is 0.180 e. The summed E-state index contributed by atoms with van der Waals surface area (Å²) in [5, 5.41) is 0.583. The molecule has 6 nitrogen and oxygen atoms in total. The minimum Gasteiger partial charge on any atom is -0.494 e. The molecule has 0 aromatic heterocycles. The maximum absolute atomic E-state index is 7.03. The Morgan fingerprint density at radius 1 is 0.778 bits per heavy atom. The van der Waals surface area contributed by atoms with Gasteiger partial charge >= 0.3 is 0 Å². The molecule has 45 heavy (non-hydrogen) atoms. The van der Waals surface area contributed by atoms with Crippen LogP contribution < -0.4 is 14.2 Å². The van der Waals surface area contributed by atoms with Crippen LogP contribution in [0.2, 0.25) is 5.02 Å². The molecule has 0 spiro atoms. The van der Waals surface area contributed by atoms with Crippen molar-refractivity contribution in [2.75, 3.05) is 26.4 Å². The Morgan fingerprint density at radius 3 is 2.18 bits per heavy atom. The Balaban J connectivity index is 1.27. The van der Waals surface area contributed by atoms with Crippen LogP contribution in [0.1, 0.15) is 60.1 Å². The lowest BCUT2D eigenvalue weighted by Gasteiger charge is -2.36. The van der Waals surface area contributed by atoms with Crippen molar-refractivity contribution >= 4 is 11.6 Å². The fraction of sp³-hybridized carbons (Fsp3) is 0.368. The van der Waals surface area contributed by atoms with Crippen LogP contribution in [0.25, 0.3) is 0 Å². The van der Waals surface area contributed by atoms with E-state index < -0.39 is 0 Å². The van der Waals surface area contributed by atoms with E-state index in [1.54, 1.807) is 0 Å². The maximum atomic E-state index is 7.03. The van der Waals surface area contributed by atoms with Crippen molar-refractivity contribution in [1.29, 1.82) is 0 Å². The summed E-state index contributed by atoms with van der Waals surface area (Å²) in [5.74, 6) is 2.12. The number of hydrogen-bond donors (Lipinski definition) is 0. The topological polar surface area (TPSA) is 55.4 Å². The van der Waals surface area contributed by atoms with Crippen molar-refractivity contribution in [3.63, 3.8) is 0 Å². The van der Waals surface area contributed by atoms with Crippen LogP contribution >= 0.6 is 11.6 Å². The number of ether oxygens (including phenoxy) is 6. The second-order valence-electron chi connectivity index (χ2n) is 11.5. The van der Waals surface area contributed by atoms with Crippen LogP contribution in [0.3, 0.4) is 0 Å². The second-order valence-corrected chi connectivity index (χ2v) is 11.9. The largest absolute Gasteiger partial charge is 0.494 e. The number of halogens is 1. The van der Waals surface area contributed by atoms with E-state index in [9.17, 15) is 0 Å². The molecule has 3 unspecified atom stereocenters. The van der Waals surface area contributed by atoms with Crippen molar-refractivity contribution in [2.45, 2.75) is 64.1 Å². The van der Waals surface area contributed by atoms with Gasteiger partial charge in [0.05, 0.1) is 63.0 Å². The highest BCUT2D eigenvalue weighted by Crippen LogP contribution is 2.48. The quantitative estimate of drug-likeness (QED) is 0.157. The Kier molecular flexibility index (Phi) is 10.9. The van der Waals surface area contributed by atoms with Crippen LogP contribution in [-0.4, -0.2) is 38.6 Å². The summed E-state index contributed by atoms with van der Waals surface area (Å²) in [4.78, 5) is 0. The van der Waals surface area contributed by atoms with Crippen molar-refractivity contribution in [2.24, 2.45) is 0 Å². The first-order valence-electron chi connectivity index (χ1n) is 15.9. The average Bonchev–Trinajstić information content (AvgIpc) is 3.34. The summed E-state index contributed by atoms with van der Waals surface area (Å²) < 4.78 is 37.7. The predicted octanol–water partition coefficient (Wildman–Crippen LogP) is 8.51. The molecule has 1 saturated heterocycles. The molecular weight excluding hydrogens is 588 g/mol. The molecule has 2 aliphatic heterocycles. The van der Waals surface area contributed by atoms with Gasteiger partial charge in [0.1, 0.15) is 5.75 Å². The third kappa shape index (κ3) is 8.39. The maximum Gasteiger partial charge on any atom is 0.180 e. The molecule has 4 aromatic carbocycles. The minimum absolute atomic E-state index is 0.0261. The Bertz CT molecular complexity index is 1490. The summed E-state index contributed by atoms with van der Waals surface area (Å²) in [6.07, 6.45) is 2.38. The first-order chi connectivity index (χ1) is 22.2. The number of benzene rings is 4. The van der Waals surface area contributed by atoms with Gasteiger partial charge in [-0.05, 0) is 53.8 Å². The van der Waals surface area contributed by atoms with Gasteiger partial charge in [-0.1, -0.05) is 84.4 Å². The van der Waals surface area contributed by atoms with Gasteiger partial charge in [0.15, 0.2) is 11.5 Å². The van der Waals surface area contributed by atoms with Crippen molar-refractivity contribution < 1.29 is 28.4 Å². The average molecular weight is 629 g/mol. The van der Waals surface area contributed by atoms with E-state index >= 15 is 0 Å². The van der Waals surface area contributed by atoms with Crippen LogP contribution in [0, 0.1) is 0 Å². The van der Waals surface area contributed by atoms with Crippen LogP contribution in [0.5, 0.6) is 17.2 Å². The SMILES string of the molecule is CCOc1ccc(Cc2cc(C3CC(OCc4ccccc4)CC(COCc4ccccc4)O3)c3c(c2Cl)OCCCO3)cc1. The van der Waals surface area contributed by atoms with E-state index in [1.165, 1.54) is 0 Å². The monoisotopic (exact) mass is 628 g/mol. The van der Waals surface area contributed by atoms with E-state index in [2.05, 4.69) is 42.5 Å². The van der Waals surface area contributed by atoms with Gasteiger partial charge in [0.2, 0.25) is 0 Å². The van der Waals surface area contributed by atoms with Gasteiger partial charge in [-0.2, -0.15) is 0 Å². The third-order valence-electron chi connectivity index (χ3n) is 8.14. The summed E-state index contributed by atoms with van der Waals surface area (Å²) in [7, 11) is 0. The number of fused-ring (bicyclic) bond motifs is 1. The van der Waals surface area contributed by atoms with Gasteiger partial charge < -0.3 is 28.4 Å². The highest BCUT2D eigenvalue weighted by Gasteiger charge is 2.35. The minimum atomic E-state index is -0.281. The van der Waals surface area contributed by atoms with Crippen LogP contribution in [0.4, 0.5) is 0 Å². The van der Waals surface area contributed by atoms with Gasteiger partial charge in [0.25, 0.3) is 0 Å². The highest BCUT2D eigenvalue weighted by atomic mass is 35.5. The molecule has 0 radical (unpaired) electrons. The zero-order chi connectivity index (χ0) is 30.8. The van der Waals surface area contributed by atoms with E-state index in [1.807, 2.05) is 55.5 Å². The molecule has 0 N–H and O–H groups in total. The summed E-state index contributed by atoms with van der Waals surface area (Å²) >= 11 is 7.03. The standard InChI is InChI=1S/C38H41ClO6/c1-2-41-31-16-14-27(15-17-31)20-30-21-34(37-38(36(30)39)43-19-9-18-42-37)35-23-32(44-25-29-12-7-4-8-13-29)22-33(45-35)26-40-24-28-10-5-3-6-11-28/h3-8,10-17,21,32-33,35H,2,9,18-20,22-26H2,1H3. The van der Waals surface area contributed by atoms with E-state index in [4.69, 9.17) is 40.0 Å². The third-order valence-corrected chi connectivity index (χ3v) is 8.55. The molecule has 4 aromatic rings. The molecular formula is C38H41ClO6. The van der Waals surface area contributed by atoms with Crippen molar-refractivity contribution in [3.05, 3.63) is 124 Å². The van der Waals surface area contributed by atoms with E-state index in [0.717, 1.165) is 46.4 Å². The zero-order valence-corrected chi connectivity index (χ0v) is 26.5. The van der Waals surface area contributed by atoms with Gasteiger partial charge in [0, 0.05) is 24.8 Å². The molecule has 236 valence electrons. The van der Waals surface area contributed by atoms with Crippen LogP contribution in [0.15, 0.2) is 91.0 Å². The zero-order valence-electron chi connectivity index (χ0n) is 25.8. The first-order valence-corrected chi connectivity index (χ1v) is 16.3. The molecule has 2 heterocycles. The Morgan fingerprint density at radius 2 is 1.47 bits per heavy atom. The number of rotatable bonds is 12. The van der Waals surface area contributed by atoms with E-state index in [0.29, 0.717) is 69.0 Å². The summed E-state index contributed by atoms with van der Waals surface area (Å²) in [6.45, 7) is 5.24. The van der Waals surface area contributed by atoms with Crippen LogP contribution in [-0.2, 0) is 33.8 Å². The van der Waals surface area contributed by atoms with Gasteiger partial charge in [-0.25, -0.2) is 0 Å². The molecule has 0 aliphatic carbocycles. The van der Waals surface area contributed by atoms with Crippen molar-refractivity contribution in [1.82, 2.24) is 0 Å². The molecule has 2 aliphatic rings. The number of hydrogen-bond acceptors (Lipinski definition) is 6. The molecule has 7 heteroatoms. The normalized spacial score (nSPS) is 19.6. The fourth-order valence-electron chi connectivity index (χ4n) is 5.92. The lowest BCUT2D eigenvalue weighted by molar-refractivity contribution is -0.142. The molecule has 6 rings (SSSR count). The lowest BCUT2D eigenvalue weighted by Crippen LogP contribution is -2.36. The molecule has 0 saturated carbocycles. The van der Waals surface area contributed by atoms with Gasteiger partial charge in [-0.3, -0.25) is 0 Å². The fourth-order valence-corrected chi connectivity index (χ4v) is 6.18. The summed E-state index contributed by atoms with van der Waals surface area (Å²) in [6, 6.07) is 30.8. The summed E-state index contributed by atoms with van der Waals surface area (Å²) in [5.41, 5.74) is 5.31. The van der Waals surface area contributed by atoms with E-state index in [-0.39, 0.29) is 18.3 Å². The molecule has 1 fully saturated rings. The Labute approximate surface area is 271 Å². The van der Waals surface area contributed by atoms with Crippen molar-refractivity contribution in [3.8, 4) is 17.2 Å². The second kappa shape index (κ2) is 15.6. The Hall–Kier alpha value is -3.55. The molecule has 3 atom stereocenters.